The second-order valence-electron chi connectivity index (χ2n) is 1.07. The number of nitrogens with two attached hydrogens (primary N) is 1. The van der Waals surface area contributed by atoms with Crippen LogP contribution in [0.1, 0.15) is 1.43 Å². The molecule has 0 fully saturated rings. The molecule has 0 heterocycles. The predicted octanol–water partition coefficient (Wildman–Crippen LogP) is -0.921. The Hall–Kier alpha value is -0.130. The average molecular weight is 128 g/mol. The molecule has 4 nitrogen and oxygen atoms in total. The van der Waals surface area contributed by atoms with E-state index in [1.165, 1.54) is 0 Å². The van der Waals surface area contributed by atoms with Crippen LogP contribution in [0.3, 0.4) is 0 Å². The van der Waals surface area contributed by atoms with E-state index in [4.69, 9.17) is 10.3 Å². The summed E-state index contributed by atoms with van der Waals surface area (Å²) < 4.78 is 27.3. The maximum Gasteiger partial charge on any atom is 0.266 e. The zero-order chi connectivity index (χ0) is 5.91. The van der Waals surface area contributed by atoms with Crippen molar-refractivity contribution >= 4 is 10.1 Å². The van der Waals surface area contributed by atoms with Crippen molar-refractivity contribution in [3.63, 3.8) is 0 Å². The summed E-state index contributed by atoms with van der Waals surface area (Å²) in [5.41, 5.74) is 4.78. The van der Waals surface area contributed by atoms with Gasteiger partial charge in [-0.25, -0.2) is 0 Å². The lowest BCUT2D eigenvalue weighted by molar-refractivity contribution is 0.483. The van der Waals surface area contributed by atoms with E-state index in [1.54, 1.807) is 0 Å². The monoisotopic (exact) mass is 128 g/mol. The molecular weight excluding hydrogens is 118 g/mol. The molecule has 3 N–H and O–H groups in total. The Morgan fingerprint density at radius 1 is 1.71 bits per heavy atom. The van der Waals surface area contributed by atoms with E-state index in [1.807, 2.05) is 0 Å². The van der Waals surface area contributed by atoms with Gasteiger partial charge in [0.2, 0.25) is 0 Å². The van der Waals surface area contributed by atoms with E-state index in [2.05, 4.69) is 0 Å². The van der Waals surface area contributed by atoms with Crippen LogP contribution in [0, 0.1) is 0 Å². The average Bonchev–Trinajstić information content (AvgIpc) is 1.30. The topological polar surface area (TPSA) is 80.4 Å². The minimum Gasteiger partial charge on any atom is -0.329 e. The molecule has 0 aromatic heterocycles. The molecule has 0 atom stereocenters. The number of hydrogen-bond donors (Lipinski definition) is 2. The summed E-state index contributed by atoms with van der Waals surface area (Å²) in [6, 6.07) is 0. The highest BCUT2D eigenvalue weighted by Gasteiger charge is 1.98. The van der Waals surface area contributed by atoms with Crippen molar-refractivity contribution < 1.29 is 14.4 Å². The molecule has 0 saturated carbocycles. The van der Waals surface area contributed by atoms with E-state index in [9.17, 15) is 8.42 Å². The SMILES string of the molecule is NCCS(=O)(=O)O.[2HH]. The highest BCUT2D eigenvalue weighted by molar-refractivity contribution is 7.85. The molecule has 46 valence electrons. The van der Waals surface area contributed by atoms with Gasteiger partial charge in [-0.3, -0.25) is 4.55 Å². The highest BCUT2D eigenvalue weighted by atomic mass is 32.2. The third-order valence-electron chi connectivity index (χ3n) is 0.376. The lowest BCUT2D eigenvalue weighted by atomic mass is 10.8. The smallest absolute Gasteiger partial charge is 0.266 e. The maximum atomic E-state index is 9.71. The predicted molar refractivity (Wildman–Crippen MR) is 27.6 cm³/mol. The summed E-state index contributed by atoms with van der Waals surface area (Å²) in [6.07, 6.45) is 0. The summed E-state index contributed by atoms with van der Waals surface area (Å²) >= 11 is 0. The van der Waals surface area contributed by atoms with E-state index in [0.717, 1.165) is 0 Å². The molecule has 0 aromatic rings. The summed E-state index contributed by atoms with van der Waals surface area (Å²) in [7, 11) is -3.80. The van der Waals surface area contributed by atoms with Crippen LogP contribution in [0.5, 0.6) is 0 Å². The quantitative estimate of drug-likeness (QED) is 0.471. The van der Waals surface area contributed by atoms with Gasteiger partial charge < -0.3 is 5.73 Å². The van der Waals surface area contributed by atoms with Crippen LogP contribution < -0.4 is 5.73 Å². The molecule has 5 heteroatoms. The van der Waals surface area contributed by atoms with Crippen molar-refractivity contribution in [2.24, 2.45) is 5.73 Å². The van der Waals surface area contributed by atoms with E-state index in [0.29, 0.717) is 0 Å². The molecule has 0 amide bonds. The van der Waals surface area contributed by atoms with Gasteiger partial charge in [-0.15, -0.1) is 0 Å². The Balaban J connectivity index is 0. The molecule has 0 radical (unpaired) electrons. The molecule has 0 aliphatic rings. The molecule has 0 saturated heterocycles. The van der Waals surface area contributed by atoms with Crippen molar-refractivity contribution in [1.29, 1.82) is 0 Å². The largest absolute Gasteiger partial charge is 0.329 e. The van der Waals surface area contributed by atoms with Crippen LogP contribution in [0.4, 0.5) is 0 Å². The summed E-state index contributed by atoms with van der Waals surface area (Å²) in [6.45, 7) is -0.0289. The zero-order valence-electron chi connectivity index (χ0n) is 3.66. The van der Waals surface area contributed by atoms with Crippen LogP contribution in [-0.4, -0.2) is 25.3 Å². The van der Waals surface area contributed by atoms with Gasteiger partial charge in [-0.1, -0.05) is 0 Å². The van der Waals surface area contributed by atoms with Crippen LogP contribution in [-0.2, 0) is 10.1 Å². The first-order valence-corrected chi connectivity index (χ1v) is 3.32. The van der Waals surface area contributed by atoms with Crippen molar-refractivity contribution in [1.82, 2.24) is 0 Å². The Kier molecular flexibility index (Phi) is 2.21. The Labute approximate surface area is 43.6 Å². The van der Waals surface area contributed by atoms with Gasteiger partial charge in [-0.05, 0) is 0 Å². The highest BCUT2D eigenvalue weighted by Crippen LogP contribution is 1.74. The summed E-state index contributed by atoms with van der Waals surface area (Å²) in [5, 5.41) is 0. The Bertz CT molecular complexity index is 130. The third-order valence-corrected chi connectivity index (χ3v) is 1.13. The lowest BCUT2D eigenvalue weighted by Gasteiger charge is -1.86. The molecule has 0 unspecified atom stereocenters. The summed E-state index contributed by atoms with van der Waals surface area (Å²) in [4.78, 5) is 0. The molecule has 0 rings (SSSR count). The standard InChI is InChI=1S/C2H7NO3S.H2/c3-1-2-7(4,5)6;/h1-3H2,(H,4,5,6);1H/i;1+1. The van der Waals surface area contributed by atoms with E-state index >= 15 is 0 Å². The molecular formula is C2H9NO3S. The van der Waals surface area contributed by atoms with Gasteiger partial charge in [-0.2, -0.15) is 8.42 Å². The first kappa shape index (κ1) is 6.87. The fourth-order valence-electron chi connectivity index (χ4n) is 0.149. The molecule has 0 spiro atoms. The van der Waals surface area contributed by atoms with Crippen LogP contribution in [0.15, 0.2) is 0 Å². The van der Waals surface area contributed by atoms with Crippen LogP contribution in [0.25, 0.3) is 0 Å². The van der Waals surface area contributed by atoms with E-state index in [-0.39, 0.29) is 13.7 Å². The zero-order valence-corrected chi connectivity index (χ0v) is 4.48. The summed E-state index contributed by atoms with van der Waals surface area (Å²) in [5.74, 6) is -0.354. The van der Waals surface area contributed by atoms with Crippen LogP contribution in [0.2, 0.25) is 0 Å². The normalized spacial score (nSPS) is 11.7. The third kappa shape index (κ3) is 5.87. The molecule has 7 heavy (non-hydrogen) atoms. The van der Waals surface area contributed by atoms with E-state index < -0.39 is 10.1 Å². The van der Waals surface area contributed by atoms with Gasteiger partial charge >= 0.3 is 0 Å². The number of hydrogen-bond acceptors (Lipinski definition) is 3. The minimum atomic E-state index is -3.80. The Morgan fingerprint density at radius 2 is 2.14 bits per heavy atom. The minimum absolute atomic E-state index is 0. The second-order valence-corrected chi connectivity index (χ2v) is 2.65. The van der Waals surface area contributed by atoms with Gasteiger partial charge in [0.15, 0.2) is 0 Å². The van der Waals surface area contributed by atoms with Gasteiger partial charge in [0.1, 0.15) is 0 Å². The molecule has 0 aliphatic heterocycles. The molecule has 0 aliphatic carbocycles. The molecule has 0 bridgehead atoms. The van der Waals surface area contributed by atoms with Crippen molar-refractivity contribution in [2.75, 3.05) is 12.3 Å². The first-order chi connectivity index (χ1) is 3.06. The Morgan fingerprint density at radius 3 is 2.14 bits per heavy atom. The lowest BCUT2D eigenvalue weighted by Crippen LogP contribution is -2.13. The number of rotatable bonds is 2. The van der Waals surface area contributed by atoms with Gasteiger partial charge in [0.25, 0.3) is 10.1 Å². The van der Waals surface area contributed by atoms with Crippen molar-refractivity contribution in [3.05, 3.63) is 0 Å². The van der Waals surface area contributed by atoms with Gasteiger partial charge in [0, 0.05) is 7.97 Å². The fraction of sp³-hybridized carbons (Fsp3) is 1.00. The van der Waals surface area contributed by atoms with Gasteiger partial charge in [0.05, 0.1) is 5.75 Å². The van der Waals surface area contributed by atoms with Crippen molar-refractivity contribution in [3.8, 4) is 0 Å². The maximum absolute atomic E-state index is 9.71. The first-order valence-electron chi connectivity index (χ1n) is 1.71. The fourth-order valence-corrected chi connectivity index (χ4v) is 0.447. The van der Waals surface area contributed by atoms with Crippen LogP contribution >= 0.6 is 0 Å². The van der Waals surface area contributed by atoms with Crippen molar-refractivity contribution in [2.45, 2.75) is 0 Å². The second kappa shape index (κ2) is 2.25. The molecule has 0 aromatic carbocycles.